The zero-order chi connectivity index (χ0) is 40.6. The minimum atomic E-state index is -0.181. The molecule has 15 nitrogen and oxygen atoms in total. The van der Waals surface area contributed by atoms with Crippen LogP contribution in [-0.4, -0.2) is 186 Å². The van der Waals surface area contributed by atoms with Gasteiger partial charge in [0.05, 0.1) is 48.7 Å². The monoisotopic (exact) mass is 814 g/mol. The first kappa shape index (κ1) is 39.4. The van der Waals surface area contributed by atoms with Crippen LogP contribution in [0.4, 0.5) is 11.4 Å². The first-order chi connectivity index (χ1) is 29.5. The predicted molar refractivity (Wildman–Crippen MR) is 236 cm³/mol. The third-order valence-corrected chi connectivity index (χ3v) is 13.8. The number of H-pyrrole nitrogens is 2. The molecular weight excluding hydrogens is 757 g/mol. The molecule has 4 unspecified atom stereocenters. The van der Waals surface area contributed by atoms with Crippen LogP contribution in [-0.2, 0) is 14.3 Å². The van der Waals surface area contributed by atoms with Gasteiger partial charge in [0, 0.05) is 150 Å². The molecule has 15 heteroatoms. The molecule has 316 valence electrons. The van der Waals surface area contributed by atoms with Gasteiger partial charge in [0.25, 0.3) is 0 Å². The molecule has 10 rings (SSSR count). The van der Waals surface area contributed by atoms with Crippen molar-refractivity contribution in [2.75, 3.05) is 129 Å². The number of hydrogen-bond donors (Lipinski definition) is 2. The van der Waals surface area contributed by atoms with E-state index < -0.39 is 0 Å². The number of nitrogens with one attached hydrogen (secondary N) is 2. The normalized spacial score (nSPS) is 22.6. The average molecular weight is 815 g/mol. The van der Waals surface area contributed by atoms with Crippen molar-refractivity contribution in [1.29, 1.82) is 0 Å². The van der Waals surface area contributed by atoms with Gasteiger partial charge in [-0.2, -0.15) is 0 Å². The van der Waals surface area contributed by atoms with Gasteiger partial charge in [-0.1, -0.05) is 0 Å². The largest absolute Gasteiger partial charge is 0.384 e. The lowest BCUT2D eigenvalue weighted by molar-refractivity contribution is -0.130. The number of fused-ring (bicyclic) bond motifs is 6. The molecule has 0 amide bonds. The molecule has 0 radical (unpaired) electrons. The second-order valence-corrected chi connectivity index (χ2v) is 17.4. The number of pyridine rings is 4. The summed E-state index contributed by atoms with van der Waals surface area (Å²) < 4.78 is 11.3. The summed E-state index contributed by atoms with van der Waals surface area (Å²) in [4.78, 5) is 55.6. The second kappa shape index (κ2) is 17.3. The van der Waals surface area contributed by atoms with E-state index in [2.05, 4.69) is 83.6 Å². The van der Waals surface area contributed by atoms with Crippen LogP contribution in [0.1, 0.15) is 12.8 Å². The van der Waals surface area contributed by atoms with Gasteiger partial charge in [0.2, 0.25) is 0 Å². The number of nitrogens with zero attached hydrogens (tertiary/aromatic N) is 10. The summed E-state index contributed by atoms with van der Waals surface area (Å²) in [6.45, 7) is 13.7. The Morgan fingerprint density at radius 2 is 1.08 bits per heavy atom. The van der Waals surface area contributed by atoms with Gasteiger partial charge < -0.3 is 29.2 Å². The number of methoxy groups -OCH3 is 2. The molecule has 4 fully saturated rings. The van der Waals surface area contributed by atoms with Crippen molar-refractivity contribution in [3.63, 3.8) is 0 Å². The second-order valence-electron chi connectivity index (χ2n) is 17.4. The van der Waals surface area contributed by atoms with E-state index in [1.165, 1.54) is 11.4 Å². The van der Waals surface area contributed by atoms with Crippen molar-refractivity contribution in [2.45, 2.75) is 24.9 Å². The number of rotatable bonds is 14. The summed E-state index contributed by atoms with van der Waals surface area (Å²) in [5, 5.41) is 4.51. The number of aromatic nitrogens is 6. The molecule has 6 aromatic rings. The highest BCUT2D eigenvalue weighted by molar-refractivity contribution is 6.11. The van der Waals surface area contributed by atoms with E-state index in [0.29, 0.717) is 17.6 Å². The van der Waals surface area contributed by atoms with Crippen LogP contribution < -0.4 is 9.80 Å². The molecule has 60 heavy (non-hydrogen) atoms. The van der Waals surface area contributed by atoms with Gasteiger partial charge in [0.15, 0.2) is 5.78 Å². The van der Waals surface area contributed by atoms with E-state index >= 15 is 4.79 Å². The maximum absolute atomic E-state index is 15.5. The molecule has 2 N–H and O–H groups in total. The molecule has 4 saturated heterocycles. The number of piperazine rings is 2. The fourth-order valence-corrected chi connectivity index (χ4v) is 10.7. The van der Waals surface area contributed by atoms with Gasteiger partial charge in [-0.25, -0.2) is 9.97 Å². The third kappa shape index (κ3) is 7.71. The maximum atomic E-state index is 15.5. The van der Waals surface area contributed by atoms with Crippen LogP contribution in [0, 0.1) is 11.8 Å². The Hall–Kier alpha value is -4.77. The topological polar surface area (TPSA) is 138 Å². The summed E-state index contributed by atoms with van der Waals surface area (Å²) in [5.74, 6) is 1.26. The highest BCUT2D eigenvalue weighted by atomic mass is 16.5. The van der Waals surface area contributed by atoms with Gasteiger partial charge in [-0.3, -0.25) is 34.4 Å². The van der Waals surface area contributed by atoms with E-state index in [9.17, 15) is 0 Å². The zero-order valence-corrected chi connectivity index (χ0v) is 35.0. The molecule has 6 aromatic heterocycles. The number of Topliss-reactive ketones (excluding diaryl/α,β-unsaturated/α-hetero) is 1. The van der Waals surface area contributed by atoms with Crippen molar-refractivity contribution >= 4 is 61.0 Å². The SMILES string of the molecule is COCC1CCN(C(CN2CCN(c3ccnc4cnc5[nH]ccc5c34)CC2)C(=O)C(CN2CCN(c3ccnc4cnc5[nH]ccc5c34)CC2)N2CCC(COC)C2)C1. The van der Waals surface area contributed by atoms with Gasteiger partial charge >= 0.3 is 0 Å². The first-order valence-corrected chi connectivity index (χ1v) is 21.9. The summed E-state index contributed by atoms with van der Waals surface area (Å²) in [5.41, 5.74) is 6.00. The van der Waals surface area contributed by atoms with Gasteiger partial charge in [0.1, 0.15) is 11.3 Å². The lowest BCUT2D eigenvalue weighted by Gasteiger charge is -2.42. The Bertz CT molecular complexity index is 2260. The first-order valence-electron chi connectivity index (χ1n) is 21.9. The number of ketones is 1. The van der Waals surface area contributed by atoms with Crippen LogP contribution in [0.3, 0.4) is 0 Å². The summed E-state index contributed by atoms with van der Waals surface area (Å²) in [7, 11) is 3.59. The van der Waals surface area contributed by atoms with Crippen molar-refractivity contribution in [1.82, 2.24) is 49.5 Å². The Labute approximate surface area is 351 Å². The smallest absolute Gasteiger partial charge is 0.169 e. The number of anilines is 2. The fourth-order valence-electron chi connectivity index (χ4n) is 10.7. The Morgan fingerprint density at radius 1 is 0.633 bits per heavy atom. The maximum Gasteiger partial charge on any atom is 0.169 e. The standard InChI is InChI=1S/C45H58N12O3/c1-59-29-31-7-13-56(25-31)39(27-52-15-19-54(20-16-52)37-5-11-46-35-23-50-44-33(41(35)37)3-9-48-44)43(58)40(57-14-8-32(26-57)30-60-2)28-53-17-21-55(22-18-53)38-6-12-47-36-24-51-45-34(42(36)38)4-10-49-45/h3-6,9-12,23-24,31-32,39-40H,7-8,13-22,25-30H2,1-2H3,(H,48,50)(H,49,51). The van der Waals surface area contributed by atoms with Crippen LogP contribution >= 0.6 is 0 Å². The number of carbonyl (C=O) groups excluding carboxylic acids is 1. The lowest BCUT2D eigenvalue weighted by Crippen LogP contribution is -2.60. The highest BCUT2D eigenvalue weighted by Crippen LogP contribution is 2.34. The molecule has 4 aliphatic rings. The third-order valence-electron chi connectivity index (χ3n) is 13.8. The number of likely N-dealkylation sites (tertiary alicyclic amines) is 2. The van der Waals surface area contributed by atoms with E-state index in [0.717, 1.165) is 162 Å². The van der Waals surface area contributed by atoms with E-state index in [1.54, 1.807) is 14.2 Å². The summed E-state index contributed by atoms with van der Waals surface area (Å²) >= 11 is 0. The van der Waals surface area contributed by atoms with Crippen molar-refractivity contribution in [2.24, 2.45) is 11.8 Å². The number of carbonyl (C=O) groups is 1. The van der Waals surface area contributed by atoms with Crippen molar-refractivity contribution in [3.05, 3.63) is 61.4 Å². The average Bonchev–Trinajstić information content (AvgIpc) is 4.13. The van der Waals surface area contributed by atoms with E-state index in [4.69, 9.17) is 9.47 Å². The summed E-state index contributed by atoms with van der Waals surface area (Å²) in [6, 6.07) is 8.13. The van der Waals surface area contributed by atoms with E-state index in [1.807, 2.05) is 37.2 Å². The molecule has 0 aromatic carbocycles. The molecule has 0 spiro atoms. The van der Waals surface area contributed by atoms with Crippen LogP contribution in [0.2, 0.25) is 0 Å². The van der Waals surface area contributed by atoms with Crippen LogP contribution in [0.15, 0.2) is 61.4 Å². The number of ether oxygens (including phenoxy) is 2. The van der Waals surface area contributed by atoms with Crippen molar-refractivity contribution < 1.29 is 14.3 Å². The molecule has 10 heterocycles. The molecule has 4 atom stereocenters. The van der Waals surface area contributed by atoms with Crippen molar-refractivity contribution in [3.8, 4) is 0 Å². The minimum absolute atomic E-state index is 0.181. The number of hydrogen-bond acceptors (Lipinski definition) is 13. The molecule has 0 saturated carbocycles. The Balaban J connectivity index is 0.872. The Morgan fingerprint density at radius 3 is 1.52 bits per heavy atom. The molecular formula is C45H58N12O3. The minimum Gasteiger partial charge on any atom is -0.384 e. The Kier molecular flexibility index (Phi) is 11.4. The van der Waals surface area contributed by atoms with Crippen LogP contribution in [0.25, 0.3) is 43.9 Å². The van der Waals surface area contributed by atoms with Gasteiger partial charge in [-0.15, -0.1) is 0 Å². The number of aromatic amines is 2. The lowest BCUT2D eigenvalue weighted by atomic mass is 9.99. The van der Waals surface area contributed by atoms with Crippen LogP contribution in [0.5, 0.6) is 0 Å². The quantitative estimate of drug-likeness (QED) is 0.166. The van der Waals surface area contributed by atoms with Gasteiger partial charge in [-0.05, 0) is 62.0 Å². The van der Waals surface area contributed by atoms with E-state index in [-0.39, 0.29) is 12.1 Å². The molecule has 0 aliphatic carbocycles. The fraction of sp³-hybridized carbons (Fsp3) is 0.533. The molecule has 0 bridgehead atoms. The zero-order valence-electron chi connectivity index (χ0n) is 35.0. The summed E-state index contributed by atoms with van der Waals surface area (Å²) in [6.07, 6.45) is 13.6. The predicted octanol–water partition coefficient (Wildman–Crippen LogP) is 3.72. The highest BCUT2D eigenvalue weighted by Gasteiger charge is 2.42. The molecule has 4 aliphatic heterocycles.